The summed E-state index contributed by atoms with van der Waals surface area (Å²) in [5.74, 6) is 0.873. The second-order valence-electron chi connectivity index (χ2n) is 5.11. The topological polar surface area (TPSA) is 17.1 Å². The maximum absolute atomic E-state index is 10.8. The third-order valence-electron chi connectivity index (χ3n) is 2.02. The van der Waals surface area contributed by atoms with Crippen LogP contribution in [0.1, 0.15) is 53.9 Å². The van der Waals surface area contributed by atoms with Crippen LogP contribution >= 0.6 is 0 Å². The summed E-state index contributed by atoms with van der Waals surface area (Å²) in [6, 6.07) is 0. The Labute approximate surface area is 76.6 Å². The fraction of sp³-hybridized carbons (Fsp3) is 0.909. The number of carbonyl (C=O) groups is 1. The Morgan fingerprint density at radius 1 is 1.33 bits per heavy atom. The fourth-order valence-corrected chi connectivity index (χ4v) is 1.27. The highest BCUT2D eigenvalue weighted by atomic mass is 16.1. The van der Waals surface area contributed by atoms with Crippen LogP contribution in [0.25, 0.3) is 0 Å². The Bertz CT molecular complexity index is 142. The number of Topliss-reactive ketones (excluding diaryl/α,β-unsaturated/α-hetero) is 1. The molecule has 0 heterocycles. The van der Waals surface area contributed by atoms with Gasteiger partial charge in [0.25, 0.3) is 0 Å². The normalized spacial score (nSPS) is 14.4. The van der Waals surface area contributed by atoms with Gasteiger partial charge in [0.1, 0.15) is 5.78 Å². The van der Waals surface area contributed by atoms with E-state index in [1.165, 1.54) is 12.8 Å². The van der Waals surface area contributed by atoms with Gasteiger partial charge in [-0.05, 0) is 31.1 Å². The van der Waals surface area contributed by atoms with Crippen molar-refractivity contribution in [1.82, 2.24) is 0 Å². The van der Waals surface area contributed by atoms with Crippen molar-refractivity contribution in [2.24, 2.45) is 11.3 Å². The number of ketones is 1. The Kier molecular flexibility index (Phi) is 4.51. The first-order valence-electron chi connectivity index (χ1n) is 4.81. The molecular formula is C11H22O. The average Bonchev–Trinajstić information content (AvgIpc) is 1.80. The molecule has 1 unspecified atom stereocenters. The van der Waals surface area contributed by atoms with E-state index in [2.05, 4.69) is 27.7 Å². The second-order valence-corrected chi connectivity index (χ2v) is 5.11. The van der Waals surface area contributed by atoms with E-state index >= 15 is 0 Å². The third kappa shape index (κ3) is 7.77. The van der Waals surface area contributed by atoms with Gasteiger partial charge in [0.15, 0.2) is 0 Å². The number of rotatable bonds is 4. The molecule has 1 atom stereocenters. The summed E-state index contributed by atoms with van der Waals surface area (Å²) in [4.78, 5) is 10.8. The van der Waals surface area contributed by atoms with E-state index in [0.29, 0.717) is 17.1 Å². The first kappa shape index (κ1) is 11.7. The van der Waals surface area contributed by atoms with Gasteiger partial charge in [-0.1, -0.05) is 27.7 Å². The Morgan fingerprint density at radius 3 is 2.17 bits per heavy atom. The molecule has 0 saturated carbocycles. The van der Waals surface area contributed by atoms with E-state index in [4.69, 9.17) is 0 Å². The monoisotopic (exact) mass is 170 g/mol. The van der Waals surface area contributed by atoms with Crippen molar-refractivity contribution in [3.05, 3.63) is 0 Å². The molecule has 0 aromatic heterocycles. The van der Waals surface area contributed by atoms with Gasteiger partial charge in [0.05, 0.1) is 0 Å². The molecule has 0 aliphatic rings. The molecule has 72 valence electrons. The van der Waals surface area contributed by atoms with E-state index in [0.717, 1.165) is 6.42 Å². The van der Waals surface area contributed by atoms with Gasteiger partial charge >= 0.3 is 0 Å². The largest absolute Gasteiger partial charge is 0.300 e. The predicted molar refractivity (Wildman–Crippen MR) is 53.2 cm³/mol. The Morgan fingerprint density at radius 2 is 1.83 bits per heavy atom. The van der Waals surface area contributed by atoms with Crippen LogP contribution in [-0.2, 0) is 4.79 Å². The molecule has 0 aliphatic carbocycles. The molecular weight excluding hydrogens is 148 g/mol. The summed E-state index contributed by atoms with van der Waals surface area (Å²) >= 11 is 0. The van der Waals surface area contributed by atoms with Gasteiger partial charge in [-0.3, -0.25) is 0 Å². The van der Waals surface area contributed by atoms with Crippen LogP contribution in [0.2, 0.25) is 0 Å². The molecule has 0 fully saturated rings. The molecule has 0 bridgehead atoms. The maximum Gasteiger partial charge on any atom is 0.130 e. The van der Waals surface area contributed by atoms with Crippen molar-refractivity contribution < 1.29 is 4.79 Å². The van der Waals surface area contributed by atoms with E-state index in [-0.39, 0.29) is 0 Å². The lowest BCUT2D eigenvalue weighted by molar-refractivity contribution is -0.117. The van der Waals surface area contributed by atoms with E-state index in [9.17, 15) is 4.79 Å². The molecule has 12 heavy (non-hydrogen) atoms. The standard InChI is InChI=1S/C11H22O/c1-9(8-10(2)12)6-7-11(3,4)5/h9H,6-8H2,1-5H3. The van der Waals surface area contributed by atoms with Crippen molar-refractivity contribution in [2.45, 2.75) is 53.9 Å². The third-order valence-corrected chi connectivity index (χ3v) is 2.02. The lowest BCUT2D eigenvalue weighted by atomic mass is 9.86. The SMILES string of the molecule is CC(=O)CC(C)CCC(C)(C)C. The van der Waals surface area contributed by atoms with Crippen LogP contribution < -0.4 is 0 Å². The summed E-state index contributed by atoms with van der Waals surface area (Å²) in [6.45, 7) is 10.6. The van der Waals surface area contributed by atoms with Crippen molar-refractivity contribution in [3.63, 3.8) is 0 Å². The van der Waals surface area contributed by atoms with E-state index < -0.39 is 0 Å². The van der Waals surface area contributed by atoms with Gasteiger partial charge < -0.3 is 4.79 Å². The quantitative estimate of drug-likeness (QED) is 0.631. The Hall–Kier alpha value is -0.330. The van der Waals surface area contributed by atoms with Crippen LogP contribution in [0, 0.1) is 11.3 Å². The molecule has 0 saturated heterocycles. The molecule has 0 spiro atoms. The highest BCUT2D eigenvalue weighted by Crippen LogP contribution is 2.24. The summed E-state index contributed by atoms with van der Waals surface area (Å²) in [5.41, 5.74) is 0.408. The molecule has 0 rings (SSSR count). The lowest BCUT2D eigenvalue weighted by Gasteiger charge is -2.20. The van der Waals surface area contributed by atoms with Crippen molar-refractivity contribution >= 4 is 5.78 Å². The molecule has 0 N–H and O–H groups in total. The summed E-state index contributed by atoms with van der Waals surface area (Å²) < 4.78 is 0. The molecule has 0 aliphatic heterocycles. The summed E-state index contributed by atoms with van der Waals surface area (Å²) in [6.07, 6.45) is 3.13. The predicted octanol–water partition coefficient (Wildman–Crippen LogP) is 3.43. The number of carbonyl (C=O) groups excluding carboxylic acids is 1. The Balaban J connectivity index is 3.57. The van der Waals surface area contributed by atoms with Crippen LogP contribution in [0.4, 0.5) is 0 Å². The van der Waals surface area contributed by atoms with Gasteiger partial charge in [0, 0.05) is 6.42 Å². The van der Waals surface area contributed by atoms with Gasteiger partial charge in [-0.15, -0.1) is 0 Å². The maximum atomic E-state index is 10.8. The molecule has 1 heteroatoms. The van der Waals surface area contributed by atoms with Crippen molar-refractivity contribution in [2.75, 3.05) is 0 Å². The number of hydrogen-bond acceptors (Lipinski definition) is 1. The number of hydrogen-bond donors (Lipinski definition) is 0. The lowest BCUT2D eigenvalue weighted by Crippen LogP contribution is -2.09. The zero-order valence-electron chi connectivity index (χ0n) is 9.11. The summed E-state index contributed by atoms with van der Waals surface area (Å²) in [5, 5.41) is 0. The van der Waals surface area contributed by atoms with Crippen molar-refractivity contribution in [1.29, 1.82) is 0 Å². The minimum Gasteiger partial charge on any atom is -0.300 e. The average molecular weight is 170 g/mol. The second kappa shape index (κ2) is 4.64. The van der Waals surface area contributed by atoms with Gasteiger partial charge in [-0.25, -0.2) is 0 Å². The van der Waals surface area contributed by atoms with Crippen LogP contribution in [0.5, 0.6) is 0 Å². The van der Waals surface area contributed by atoms with Crippen molar-refractivity contribution in [3.8, 4) is 0 Å². The highest BCUT2D eigenvalue weighted by molar-refractivity contribution is 5.75. The zero-order valence-corrected chi connectivity index (χ0v) is 9.11. The molecule has 0 radical (unpaired) electrons. The van der Waals surface area contributed by atoms with Gasteiger partial charge in [-0.2, -0.15) is 0 Å². The molecule has 0 amide bonds. The first-order chi connectivity index (χ1) is 5.31. The zero-order chi connectivity index (χ0) is 9.78. The minimum absolute atomic E-state index is 0.316. The van der Waals surface area contributed by atoms with E-state index in [1.807, 2.05) is 0 Å². The van der Waals surface area contributed by atoms with E-state index in [1.54, 1.807) is 6.92 Å². The van der Waals surface area contributed by atoms with Crippen LogP contribution in [0.3, 0.4) is 0 Å². The van der Waals surface area contributed by atoms with Crippen LogP contribution in [0.15, 0.2) is 0 Å². The first-order valence-corrected chi connectivity index (χ1v) is 4.81. The highest BCUT2D eigenvalue weighted by Gasteiger charge is 2.13. The summed E-state index contributed by atoms with van der Waals surface area (Å²) in [7, 11) is 0. The molecule has 0 aromatic carbocycles. The molecule has 1 nitrogen and oxygen atoms in total. The molecule has 0 aromatic rings. The fourth-order valence-electron chi connectivity index (χ4n) is 1.27. The van der Waals surface area contributed by atoms with Crippen LogP contribution in [-0.4, -0.2) is 5.78 Å². The smallest absolute Gasteiger partial charge is 0.130 e. The van der Waals surface area contributed by atoms with Gasteiger partial charge in [0.2, 0.25) is 0 Å². The minimum atomic E-state index is 0.316.